The zero-order valence-corrected chi connectivity index (χ0v) is 12.6. The second kappa shape index (κ2) is 9.27. The van der Waals surface area contributed by atoms with Gasteiger partial charge >= 0.3 is 0 Å². The molecule has 0 aliphatic heterocycles. The second-order valence-corrected chi connectivity index (χ2v) is 5.91. The lowest BCUT2D eigenvalue weighted by atomic mass is 10.1. The molecule has 0 saturated heterocycles. The van der Waals surface area contributed by atoms with Crippen LogP contribution >= 0.6 is 0 Å². The number of halogens is 1. The molecule has 0 fully saturated rings. The highest BCUT2D eigenvalue weighted by Crippen LogP contribution is 2.10. The van der Waals surface area contributed by atoms with Gasteiger partial charge in [0.2, 0.25) is 0 Å². The summed E-state index contributed by atoms with van der Waals surface area (Å²) in [5.41, 5.74) is 0.416. The van der Waals surface area contributed by atoms with Gasteiger partial charge in [0.1, 0.15) is 5.82 Å². The van der Waals surface area contributed by atoms with Crippen LogP contribution in [0.3, 0.4) is 0 Å². The molecule has 1 unspecified atom stereocenters. The molecule has 0 aliphatic rings. The number of carbonyl (C=O) groups is 1. The Morgan fingerprint density at radius 3 is 2.86 bits per heavy atom. The summed E-state index contributed by atoms with van der Waals surface area (Å²) in [6.07, 6.45) is 2.50. The third kappa shape index (κ3) is 6.52. The van der Waals surface area contributed by atoms with Crippen molar-refractivity contribution in [2.24, 2.45) is 0 Å². The van der Waals surface area contributed by atoms with E-state index in [2.05, 4.69) is 17.2 Å². The van der Waals surface area contributed by atoms with Crippen LogP contribution in [0.1, 0.15) is 28.8 Å². The number of hydrogen-bond acceptors (Lipinski definition) is 3. The van der Waals surface area contributed by atoms with Crippen molar-refractivity contribution >= 4 is 16.7 Å². The van der Waals surface area contributed by atoms with Crippen molar-refractivity contribution in [2.45, 2.75) is 12.8 Å². The molecule has 114 valence electrons. The molecule has 21 heavy (non-hydrogen) atoms. The molecule has 1 rings (SSSR count). The minimum absolute atomic E-state index is 0.0414. The van der Waals surface area contributed by atoms with E-state index in [1.54, 1.807) is 12.3 Å². The van der Waals surface area contributed by atoms with Crippen LogP contribution in [0.25, 0.3) is 0 Å². The third-order valence-corrected chi connectivity index (χ3v) is 3.44. The van der Waals surface area contributed by atoms with Crippen LogP contribution in [-0.2, 0) is 10.8 Å². The first-order valence-electron chi connectivity index (χ1n) is 6.52. The number of amides is 1. The van der Waals surface area contributed by atoms with E-state index >= 15 is 0 Å². The molecular formula is C15H18FNO3S. The summed E-state index contributed by atoms with van der Waals surface area (Å²) >= 11 is 0. The summed E-state index contributed by atoms with van der Waals surface area (Å²) in [4.78, 5) is 11.8. The van der Waals surface area contributed by atoms with Gasteiger partial charge in [0.05, 0.1) is 12.2 Å². The van der Waals surface area contributed by atoms with Crippen molar-refractivity contribution in [2.75, 3.05) is 25.2 Å². The van der Waals surface area contributed by atoms with Crippen molar-refractivity contribution < 1.29 is 18.5 Å². The lowest BCUT2D eigenvalue weighted by Crippen LogP contribution is -2.26. The molecule has 0 spiro atoms. The average Bonchev–Trinajstić information content (AvgIpc) is 2.43. The van der Waals surface area contributed by atoms with E-state index in [1.807, 2.05) is 0 Å². The van der Waals surface area contributed by atoms with Crippen molar-refractivity contribution in [3.05, 3.63) is 35.1 Å². The molecule has 0 heterocycles. The lowest BCUT2D eigenvalue weighted by Gasteiger charge is -2.06. The first-order valence-corrected chi connectivity index (χ1v) is 8.25. The highest BCUT2D eigenvalue weighted by atomic mass is 32.2. The molecule has 0 saturated carbocycles. The largest absolute Gasteiger partial charge is 0.395 e. The number of nitrogens with one attached hydrogen (secondary N) is 1. The van der Waals surface area contributed by atoms with E-state index in [0.29, 0.717) is 30.7 Å². The normalized spacial score (nSPS) is 11.4. The van der Waals surface area contributed by atoms with E-state index in [9.17, 15) is 13.4 Å². The molecule has 0 aliphatic carbocycles. The summed E-state index contributed by atoms with van der Waals surface area (Å²) in [7, 11) is -0.895. The highest BCUT2D eigenvalue weighted by Gasteiger charge is 2.11. The smallest absolute Gasteiger partial charge is 0.254 e. The van der Waals surface area contributed by atoms with Crippen LogP contribution in [0, 0.1) is 17.7 Å². The van der Waals surface area contributed by atoms with Gasteiger partial charge in [0.15, 0.2) is 0 Å². The number of hydrogen-bond donors (Lipinski definition) is 2. The zero-order valence-electron chi connectivity index (χ0n) is 11.8. The molecule has 1 aromatic carbocycles. The van der Waals surface area contributed by atoms with Gasteiger partial charge in [-0.2, -0.15) is 0 Å². The molecule has 1 amide bonds. The van der Waals surface area contributed by atoms with Crippen molar-refractivity contribution in [3.63, 3.8) is 0 Å². The van der Waals surface area contributed by atoms with Crippen molar-refractivity contribution in [3.8, 4) is 11.8 Å². The maximum atomic E-state index is 13.8. The van der Waals surface area contributed by atoms with E-state index in [4.69, 9.17) is 5.11 Å². The molecule has 2 N–H and O–H groups in total. The highest BCUT2D eigenvalue weighted by molar-refractivity contribution is 7.84. The Kier molecular flexibility index (Phi) is 7.65. The van der Waals surface area contributed by atoms with E-state index in [-0.39, 0.29) is 12.2 Å². The summed E-state index contributed by atoms with van der Waals surface area (Å²) in [6.45, 7) is 0.314. The van der Waals surface area contributed by atoms with E-state index in [1.165, 1.54) is 12.1 Å². The first kappa shape index (κ1) is 17.3. The van der Waals surface area contributed by atoms with Crippen LogP contribution in [0.4, 0.5) is 4.39 Å². The van der Waals surface area contributed by atoms with Crippen LogP contribution in [0.5, 0.6) is 0 Å². The Balaban J connectivity index is 2.61. The Morgan fingerprint density at radius 2 is 2.24 bits per heavy atom. The third-order valence-electron chi connectivity index (χ3n) is 2.58. The van der Waals surface area contributed by atoms with E-state index < -0.39 is 22.5 Å². The number of rotatable bonds is 6. The lowest BCUT2D eigenvalue weighted by molar-refractivity contribution is 0.0949. The Bertz CT molecular complexity index is 578. The van der Waals surface area contributed by atoms with Crippen molar-refractivity contribution in [1.82, 2.24) is 5.32 Å². The number of aliphatic hydroxyl groups excluding tert-OH is 1. The molecule has 0 bridgehead atoms. The monoisotopic (exact) mass is 311 g/mol. The second-order valence-electron chi connectivity index (χ2n) is 4.36. The fraction of sp³-hybridized carbons (Fsp3) is 0.400. The molecule has 0 aromatic heterocycles. The zero-order chi connectivity index (χ0) is 15.7. The van der Waals surface area contributed by atoms with Crippen molar-refractivity contribution in [1.29, 1.82) is 0 Å². The quantitative estimate of drug-likeness (QED) is 0.610. The van der Waals surface area contributed by atoms with Crippen LogP contribution < -0.4 is 5.32 Å². The predicted octanol–water partition coefficient (Wildman–Crippen LogP) is 1.06. The maximum Gasteiger partial charge on any atom is 0.254 e. The van der Waals surface area contributed by atoms with Crippen LogP contribution in [-0.4, -0.2) is 40.4 Å². The fourth-order valence-electron chi connectivity index (χ4n) is 1.57. The van der Waals surface area contributed by atoms with Gasteiger partial charge in [-0.25, -0.2) is 4.39 Å². The van der Waals surface area contributed by atoms with Gasteiger partial charge in [0.25, 0.3) is 5.91 Å². The minimum atomic E-state index is -0.895. The van der Waals surface area contributed by atoms with Gasteiger partial charge in [-0.05, 0) is 24.6 Å². The molecule has 0 radical (unpaired) electrons. The minimum Gasteiger partial charge on any atom is -0.395 e. The molecule has 1 aromatic rings. The summed E-state index contributed by atoms with van der Waals surface area (Å²) in [5.74, 6) is 4.75. The topological polar surface area (TPSA) is 66.4 Å². The molecule has 4 nitrogen and oxygen atoms in total. The fourth-order valence-corrected chi connectivity index (χ4v) is 2.12. The van der Waals surface area contributed by atoms with Gasteiger partial charge in [-0.1, -0.05) is 11.8 Å². The first-order chi connectivity index (χ1) is 10.0. The van der Waals surface area contributed by atoms with Gasteiger partial charge < -0.3 is 10.4 Å². The summed E-state index contributed by atoms with van der Waals surface area (Å²) in [5, 5.41) is 11.2. The standard InChI is InChI=1S/C15H18FNO3S/c1-21(20)10-4-8-17-15(19)13-7-6-12(11-14(13)16)5-2-3-9-18/h6-7,11,18H,3-4,8-10H2,1H3,(H,17,19). The van der Waals surface area contributed by atoms with Gasteiger partial charge in [0, 0.05) is 41.3 Å². The van der Waals surface area contributed by atoms with Crippen LogP contribution in [0.2, 0.25) is 0 Å². The molecule has 6 heteroatoms. The van der Waals surface area contributed by atoms with Crippen LogP contribution in [0.15, 0.2) is 18.2 Å². The summed E-state index contributed by atoms with van der Waals surface area (Å²) < 4.78 is 24.7. The number of carbonyl (C=O) groups excluding carboxylic acids is 1. The Morgan fingerprint density at radius 1 is 1.48 bits per heavy atom. The van der Waals surface area contributed by atoms with Gasteiger partial charge in [-0.15, -0.1) is 0 Å². The Labute approximate surface area is 126 Å². The van der Waals surface area contributed by atoms with Gasteiger partial charge in [-0.3, -0.25) is 9.00 Å². The molecule has 1 atom stereocenters. The average molecular weight is 311 g/mol. The maximum absolute atomic E-state index is 13.8. The van der Waals surface area contributed by atoms with E-state index in [0.717, 1.165) is 0 Å². The number of benzene rings is 1. The molecular weight excluding hydrogens is 293 g/mol. The summed E-state index contributed by atoms with van der Waals surface area (Å²) in [6, 6.07) is 4.13. The Hall–Kier alpha value is -1.71. The number of aliphatic hydroxyl groups is 1. The SMILES string of the molecule is CS(=O)CCCNC(=O)c1ccc(C#CCCO)cc1F. The predicted molar refractivity (Wildman–Crippen MR) is 80.9 cm³/mol.